The highest BCUT2D eigenvalue weighted by molar-refractivity contribution is 5.83. The summed E-state index contributed by atoms with van der Waals surface area (Å²) >= 11 is 0. The van der Waals surface area contributed by atoms with Gasteiger partial charge in [-0.15, -0.1) is 0 Å². The lowest BCUT2D eigenvalue weighted by atomic mass is 9.96. The third-order valence-corrected chi connectivity index (χ3v) is 6.28. The molecule has 0 amide bonds. The Labute approximate surface area is 226 Å². The molecule has 0 saturated heterocycles. The number of para-hydroxylation sites is 1. The molecule has 1 heterocycles. The molecular weight excluding hydrogens is 498 g/mol. The molecule has 0 spiro atoms. The van der Waals surface area contributed by atoms with Gasteiger partial charge in [0, 0.05) is 5.56 Å². The topological polar surface area (TPSA) is 101 Å². The summed E-state index contributed by atoms with van der Waals surface area (Å²) in [6.07, 6.45) is 1.55. The lowest BCUT2D eigenvalue weighted by Gasteiger charge is -2.17. The summed E-state index contributed by atoms with van der Waals surface area (Å²) in [7, 11) is 4.43. The van der Waals surface area contributed by atoms with Gasteiger partial charge in [0.15, 0.2) is 23.9 Å². The first kappa shape index (κ1) is 27.4. The van der Waals surface area contributed by atoms with E-state index < -0.39 is 5.97 Å². The Morgan fingerprint density at radius 3 is 2.44 bits per heavy atom. The Morgan fingerprint density at radius 1 is 1.00 bits per heavy atom. The van der Waals surface area contributed by atoms with Crippen LogP contribution in [-0.2, 0) is 9.53 Å². The van der Waals surface area contributed by atoms with Gasteiger partial charge >= 0.3 is 5.97 Å². The van der Waals surface area contributed by atoms with Crippen molar-refractivity contribution in [3.63, 3.8) is 0 Å². The summed E-state index contributed by atoms with van der Waals surface area (Å²) in [4.78, 5) is 29.9. The Morgan fingerprint density at radius 2 is 1.74 bits per heavy atom. The summed E-state index contributed by atoms with van der Waals surface area (Å²) in [5.41, 5.74) is 3.62. The zero-order valence-corrected chi connectivity index (χ0v) is 22.8. The number of benzene rings is 3. The number of aryl methyl sites for hydroxylation is 1. The van der Waals surface area contributed by atoms with Crippen LogP contribution in [0.3, 0.4) is 0 Å². The molecule has 1 aromatic heterocycles. The first-order valence-electron chi connectivity index (χ1n) is 12.4. The summed E-state index contributed by atoms with van der Waals surface area (Å²) < 4.78 is 22.4. The number of hydrogen-bond acceptors (Lipinski definition) is 8. The van der Waals surface area contributed by atoms with E-state index in [0.29, 0.717) is 33.8 Å². The summed E-state index contributed by atoms with van der Waals surface area (Å²) in [5.74, 6) is 1.66. The summed E-state index contributed by atoms with van der Waals surface area (Å²) in [6.45, 7) is 5.88. The zero-order valence-electron chi connectivity index (χ0n) is 22.8. The molecule has 39 heavy (non-hydrogen) atoms. The van der Waals surface area contributed by atoms with E-state index in [2.05, 4.69) is 23.7 Å². The number of hydrogen-bond donors (Lipinski definition) is 0. The van der Waals surface area contributed by atoms with Crippen molar-refractivity contribution in [1.82, 2.24) is 9.66 Å². The lowest BCUT2D eigenvalue weighted by molar-refractivity contribution is -0.142. The second-order valence-electron chi connectivity index (χ2n) is 9.15. The van der Waals surface area contributed by atoms with Crippen LogP contribution < -0.4 is 19.8 Å². The second-order valence-corrected chi connectivity index (χ2v) is 9.15. The van der Waals surface area contributed by atoms with Crippen LogP contribution in [0.25, 0.3) is 22.3 Å². The number of carbonyl (C=O) groups is 1. The molecule has 9 nitrogen and oxygen atoms in total. The Hall–Kier alpha value is -4.66. The Kier molecular flexibility index (Phi) is 8.29. The predicted octanol–water partition coefficient (Wildman–Crippen LogP) is 4.95. The van der Waals surface area contributed by atoms with Crippen molar-refractivity contribution < 1.29 is 23.7 Å². The Bertz CT molecular complexity index is 1610. The molecule has 0 bridgehead atoms. The molecule has 0 aliphatic rings. The van der Waals surface area contributed by atoms with E-state index in [9.17, 15) is 9.59 Å². The largest absolute Gasteiger partial charge is 0.496 e. The number of rotatable bonds is 9. The standard InChI is InChI=1S/C30H31N3O6/c1-18(2)22-15-23(19(3)13-26(22)36-4)29-32-24-10-8-7-9-21(24)30(35)33(29)31-16-20-11-12-25(27(14-20)37-5)39-17-28(34)38-6/h7-16,18H,17H2,1-6H3. The highest BCUT2D eigenvalue weighted by Gasteiger charge is 2.18. The monoisotopic (exact) mass is 529 g/mol. The molecule has 3 aromatic carbocycles. The van der Waals surface area contributed by atoms with Crippen LogP contribution in [-0.4, -0.2) is 49.8 Å². The fourth-order valence-corrected chi connectivity index (χ4v) is 4.18. The number of aromatic nitrogens is 2. The van der Waals surface area contributed by atoms with Crippen molar-refractivity contribution in [2.45, 2.75) is 26.7 Å². The highest BCUT2D eigenvalue weighted by atomic mass is 16.6. The number of ether oxygens (including phenoxy) is 4. The van der Waals surface area contributed by atoms with E-state index in [4.69, 9.17) is 19.2 Å². The predicted molar refractivity (Wildman–Crippen MR) is 150 cm³/mol. The lowest BCUT2D eigenvalue weighted by Crippen LogP contribution is -2.20. The normalized spacial score (nSPS) is 11.3. The summed E-state index contributed by atoms with van der Waals surface area (Å²) in [5, 5.41) is 5.02. The van der Waals surface area contributed by atoms with Crippen molar-refractivity contribution >= 4 is 23.1 Å². The fourth-order valence-electron chi connectivity index (χ4n) is 4.18. The van der Waals surface area contributed by atoms with E-state index in [1.54, 1.807) is 43.7 Å². The van der Waals surface area contributed by atoms with E-state index in [1.807, 2.05) is 31.2 Å². The third kappa shape index (κ3) is 5.77. The molecule has 0 saturated carbocycles. The molecule has 202 valence electrons. The summed E-state index contributed by atoms with van der Waals surface area (Å²) in [6, 6.07) is 16.3. The van der Waals surface area contributed by atoms with Gasteiger partial charge < -0.3 is 18.9 Å². The van der Waals surface area contributed by atoms with Crippen LogP contribution in [0.1, 0.15) is 36.5 Å². The number of esters is 1. The van der Waals surface area contributed by atoms with E-state index in [1.165, 1.54) is 18.9 Å². The van der Waals surface area contributed by atoms with Gasteiger partial charge in [0.25, 0.3) is 5.56 Å². The van der Waals surface area contributed by atoms with Crippen molar-refractivity contribution in [3.8, 4) is 28.6 Å². The van der Waals surface area contributed by atoms with Crippen molar-refractivity contribution in [2.24, 2.45) is 5.10 Å². The average Bonchev–Trinajstić information content (AvgIpc) is 2.95. The number of nitrogens with zero attached hydrogens (tertiary/aromatic N) is 3. The zero-order chi connectivity index (χ0) is 28.1. The SMILES string of the molecule is COC(=O)COc1ccc(C=Nn2c(-c3cc(C(C)C)c(OC)cc3C)nc3ccccc3c2=O)cc1OC. The van der Waals surface area contributed by atoms with E-state index >= 15 is 0 Å². The van der Waals surface area contributed by atoms with Gasteiger partial charge in [0.05, 0.1) is 38.4 Å². The molecule has 4 aromatic rings. The molecule has 0 aliphatic heterocycles. The van der Waals surface area contributed by atoms with Gasteiger partial charge in [-0.25, -0.2) is 9.78 Å². The molecule has 4 rings (SSSR count). The van der Waals surface area contributed by atoms with Crippen LogP contribution in [0.2, 0.25) is 0 Å². The number of carbonyl (C=O) groups excluding carboxylic acids is 1. The van der Waals surface area contributed by atoms with Crippen molar-refractivity contribution in [3.05, 3.63) is 81.6 Å². The first-order chi connectivity index (χ1) is 18.8. The van der Waals surface area contributed by atoms with Crippen LogP contribution in [0.5, 0.6) is 17.2 Å². The van der Waals surface area contributed by atoms with Gasteiger partial charge in [-0.2, -0.15) is 9.78 Å². The van der Waals surface area contributed by atoms with Gasteiger partial charge in [0.1, 0.15) is 5.75 Å². The number of fused-ring (bicyclic) bond motifs is 1. The maximum Gasteiger partial charge on any atom is 0.343 e. The van der Waals surface area contributed by atoms with Crippen molar-refractivity contribution in [2.75, 3.05) is 27.9 Å². The number of methoxy groups -OCH3 is 3. The molecule has 0 aliphatic carbocycles. The van der Waals surface area contributed by atoms with Crippen molar-refractivity contribution in [1.29, 1.82) is 0 Å². The molecule has 0 unspecified atom stereocenters. The van der Waals surface area contributed by atoms with Gasteiger partial charge in [-0.3, -0.25) is 4.79 Å². The maximum atomic E-state index is 13.6. The van der Waals surface area contributed by atoms with E-state index in [0.717, 1.165) is 22.4 Å². The van der Waals surface area contributed by atoms with Crippen LogP contribution in [0.4, 0.5) is 0 Å². The minimum Gasteiger partial charge on any atom is -0.496 e. The van der Waals surface area contributed by atoms with Crippen LogP contribution in [0, 0.1) is 6.92 Å². The molecule has 0 radical (unpaired) electrons. The average molecular weight is 530 g/mol. The van der Waals surface area contributed by atoms with Crippen LogP contribution in [0.15, 0.2) is 64.5 Å². The molecule has 0 atom stereocenters. The highest BCUT2D eigenvalue weighted by Crippen LogP contribution is 2.34. The maximum absolute atomic E-state index is 13.6. The quantitative estimate of drug-likeness (QED) is 0.223. The minimum absolute atomic E-state index is 0.191. The molecule has 0 N–H and O–H groups in total. The van der Waals surface area contributed by atoms with Gasteiger partial charge in [0.2, 0.25) is 0 Å². The molecule has 0 fully saturated rings. The fraction of sp³-hybridized carbons (Fsp3) is 0.267. The molecular formula is C30H31N3O6. The second kappa shape index (κ2) is 11.8. The Balaban J connectivity index is 1.84. The van der Waals surface area contributed by atoms with E-state index in [-0.39, 0.29) is 18.1 Å². The third-order valence-electron chi connectivity index (χ3n) is 6.28. The minimum atomic E-state index is -0.507. The first-order valence-corrected chi connectivity index (χ1v) is 12.4. The molecule has 9 heteroatoms. The van der Waals surface area contributed by atoms with Gasteiger partial charge in [-0.05, 0) is 72.0 Å². The van der Waals surface area contributed by atoms with Crippen LogP contribution >= 0.6 is 0 Å². The smallest absolute Gasteiger partial charge is 0.343 e. The van der Waals surface area contributed by atoms with Gasteiger partial charge in [-0.1, -0.05) is 26.0 Å².